The third kappa shape index (κ3) is 5.27. The van der Waals surface area contributed by atoms with E-state index in [9.17, 15) is 4.79 Å². The lowest BCUT2D eigenvalue weighted by Crippen LogP contribution is -2.45. The predicted molar refractivity (Wildman–Crippen MR) is 123 cm³/mol. The fourth-order valence-electron chi connectivity index (χ4n) is 4.69. The maximum absolute atomic E-state index is 12.8. The van der Waals surface area contributed by atoms with Crippen LogP contribution in [0, 0.1) is 11.3 Å². The molecule has 5 nitrogen and oxygen atoms in total. The highest BCUT2D eigenvalue weighted by Gasteiger charge is 2.33. The first-order chi connectivity index (χ1) is 14.8. The molecular weight excluding hydrogens is 386 g/mol. The molecule has 0 unspecified atom stereocenters. The van der Waals surface area contributed by atoms with Crippen molar-refractivity contribution in [3.05, 3.63) is 59.4 Å². The van der Waals surface area contributed by atoms with E-state index in [0.29, 0.717) is 5.92 Å². The van der Waals surface area contributed by atoms with Crippen LogP contribution in [-0.4, -0.2) is 35.0 Å². The Kier molecular flexibility index (Phi) is 6.33. The van der Waals surface area contributed by atoms with Crippen molar-refractivity contribution in [1.29, 1.82) is 0 Å². The van der Waals surface area contributed by atoms with E-state index in [4.69, 9.17) is 4.74 Å². The van der Waals surface area contributed by atoms with Crippen LogP contribution in [0.3, 0.4) is 0 Å². The van der Waals surface area contributed by atoms with Crippen LogP contribution < -0.4 is 10.1 Å². The number of carbonyl (C=O) groups is 1. The average Bonchev–Trinajstić information content (AvgIpc) is 3.11. The summed E-state index contributed by atoms with van der Waals surface area (Å²) in [7, 11) is 0. The molecule has 2 aliphatic rings. The summed E-state index contributed by atoms with van der Waals surface area (Å²) in [6.07, 6.45) is 5.31. The molecule has 0 radical (unpaired) electrons. The highest BCUT2D eigenvalue weighted by atomic mass is 16.5. The maximum atomic E-state index is 12.8. The molecule has 1 fully saturated rings. The minimum atomic E-state index is -0.426. The van der Waals surface area contributed by atoms with Crippen molar-refractivity contribution in [2.24, 2.45) is 11.3 Å². The Bertz CT molecular complexity index is 907. The highest BCUT2D eigenvalue weighted by Crippen LogP contribution is 2.33. The van der Waals surface area contributed by atoms with Crippen LogP contribution in [0.25, 0.3) is 0 Å². The minimum absolute atomic E-state index is 0.0648. The molecular formula is C26H35N3O2. The molecule has 1 aromatic heterocycles. The van der Waals surface area contributed by atoms with Crippen molar-refractivity contribution < 1.29 is 9.53 Å². The van der Waals surface area contributed by atoms with E-state index in [1.807, 2.05) is 45.2 Å². The second-order valence-electron chi connectivity index (χ2n) is 10.2. The summed E-state index contributed by atoms with van der Waals surface area (Å²) in [5.74, 6) is 1.45. The van der Waals surface area contributed by atoms with E-state index in [2.05, 4.69) is 40.3 Å². The van der Waals surface area contributed by atoms with Crippen molar-refractivity contribution in [1.82, 2.24) is 15.2 Å². The zero-order valence-electron chi connectivity index (χ0n) is 19.2. The van der Waals surface area contributed by atoms with Gasteiger partial charge in [0.15, 0.2) is 0 Å². The first-order valence-corrected chi connectivity index (χ1v) is 11.5. The topological polar surface area (TPSA) is 54.5 Å². The number of fused-ring (bicyclic) bond motifs is 1. The summed E-state index contributed by atoms with van der Waals surface area (Å²) in [4.78, 5) is 20.0. The molecule has 3 heterocycles. The van der Waals surface area contributed by atoms with Gasteiger partial charge >= 0.3 is 0 Å². The Morgan fingerprint density at radius 3 is 2.87 bits per heavy atom. The molecule has 5 heteroatoms. The smallest absolute Gasteiger partial charge is 0.225 e. The molecule has 1 aromatic carbocycles. The molecule has 0 saturated carbocycles. The van der Waals surface area contributed by atoms with E-state index < -0.39 is 5.41 Å². The number of nitrogens with one attached hydrogen (secondary N) is 1. The Morgan fingerprint density at radius 1 is 1.29 bits per heavy atom. The third-order valence-electron chi connectivity index (χ3n) is 6.35. The number of nitrogens with zero attached hydrogens (tertiary/aromatic N) is 2. The van der Waals surface area contributed by atoms with E-state index in [0.717, 1.165) is 50.3 Å². The van der Waals surface area contributed by atoms with Crippen LogP contribution in [0.15, 0.2) is 42.6 Å². The molecule has 0 aliphatic carbocycles. The maximum Gasteiger partial charge on any atom is 0.225 e. The monoisotopic (exact) mass is 421 g/mol. The largest absolute Gasteiger partial charge is 0.490 e. The van der Waals surface area contributed by atoms with Crippen molar-refractivity contribution in [3.63, 3.8) is 0 Å². The van der Waals surface area contributed by atoms with Gasteiger partial charge in [-0.15, -0.1) is 0 Å². The summed E-state index contributed by atoms with van der Waals surface area (Å²) < 4.78 is 5.85. The molecule has 3 atom stereocenters. The van der Waals surface area contributed by atoms with Crippen molar-refractivity contribution in [3.8, 4) is 5.75 Å². The van der Waals surface area contributed by atoms with Crippen molar-refractivity contribution >= 4 is 5.91 Å². The molecule has 1 saturated heterocycles. The number of rotatable bonds is 5. The Balaban J connectivity index is 1.48. The summed E-state index contributed by atoms with van der Waals surface area (Å²) in [6, 6.07) is 12.5. The lowest BCUT2D eigenvalue weighted by Gasteiger charge is -2.38. The summed E-state index contributed by atoms with van der Waals surface area (Å²) >= 11 is 0. The molecule has 1 amide bonds. The van der Waals surface area contributed by atoms with E-state index in [-0.39, 0.29) is 18.1 Å². The Hall–Kier alpha value is -2.40. The number of hydrogen-bond donors (Lipinski definition) is 1. The van der Waals surface area contributed by atoms with E-state index in [1.54, 1.807) is 0 Å². The Morgan fingerprint density at radius 2 is 2.13 bits per heavy atom. The first-order valence-electron chi connectivity index (χ1n) is 11.5. The molecule has 1 N–H and O–H groups in total. The van der Waals surface area contributed by atoms with Gasteiger partial charge in [0.2, 0.25) is 5.91 Å². The molecule has 0 bridgehead atoms. The summed E-state index contributed by atoms with van der Waals surface area (Å²) in [5, 5.41) is 3.32. The van der Waals surface area contributed by atoms with Gasteiger partial charge in [0.25, 0.3) is 0 Å². The lowest BCUT2D eigenvalue weighted by atomic mass is 9.86. The summed E-state index contributed by atoms with van der Waals surface area (Å²) in [6.45, 7) is 11.0. The molecule has 4 rings (SSSR count). The predicted octanol–water partition coefficient (Wildman–Crippen LogP) is 4.52. The number of benzene rings is 1. The van der Waals surface area contributed by atoms with Crippen LogP contribution in [0.4, 0.5) is 0 Å². The van der Waals surface area contributed by atoms with Gasteiger partial charge in [-0.1, -0.05) is 39.0 Å². The normalized spacial score (nSPS) is 22.5. The number of amides is 1. The van der Waals surface area contributed by atoms with Gasteiger partial charge in [0, 0.05) is 31.1 Å². The fourth-order valence-corrected chi connectivity index (χ4v) is 4.69. The zero-order valence-corrected chi connectivity index (χ0v) is 19.2. The molecule has 0 spiro atoms. The number of pyridine rings is 1. The number of hydrogen-bond acceptors (Lipinski definition) is 4. The number of likely N-dealkylation sites (tertiary alicyclic amines) is 1. The molecule has 2 aliphatic heterocycles. The molecule has 166 valence electrons. The third-order valence-corrected chi connectivity index (χ3v) is 6.35. The second kappa shape index (κ2) is 8.99. The van der Waals surface area contributed by atoms with E-state index >= 15 is 0 Å². The number of piperidine rings is 1. The van der Waals surface area contributed by atoms with Gasteiger partial charge in [-0.2, -0.15) is 0 Å². The first kappa shape index (κ1) is 21.8. The van der Waals surface area contributed by atoms with Gasteiger partial charge < -0.3 is 10.1 Å². The van der Waals surface area contributed by atoms with Crippen molar-refractivity contribution in [2.45, 2.75) is 65.6 Å². The van der Waals surface area contributed by atoms with Gasteiger partial charge in [0.1, 0.15) is 11.9 Å². The number of aromatic nitrogens is 1. The lowest BCUT2D eigenvalue weighted by molar-refractivity contribution is -0.130. The standard InChI is InChI=1S/C26H35N3O2/c1-18-14-21-15-19(10-11-23(21)31-18)16-29-13-7-8-20(17-29)24(22-9-5-6-12-27-22)28-25(30)26(2,3)4/h5-6,9-12,15,18,20,24H,7-8,13-14,16-17H2,1-4H3,(H,28,30)/t18-,20-,24-/m1/s1. The SMILES string of the molecule is C[C@@H]1Cc2cc(CN3CCC[C@@H]([C@@H](NC(=O)C(C)(C)C)c4ccccn4)C3)ccc2O1. The van der Waals surface area contributed by atoms with Crippen LogP contribution >= 0.6 is 0 Å². The highest BCUT2D eigenvalue weighted by molar-refractivity contribution is 5.81. The van der Waals surface area contributed by atoms with Crippen molar-refractivity contribution in [2.75, 3.05) is 13.1 Å². The van der Waals surface area contributed by atoms with Gasteiger partial charge in [-0.3, -0.25) is 14.7 Å². The molecule has 31 heavy (non-hydrogen) atoms. The number of ether oxygens (including phenoxy) is 1. The quantitative estimate of drug-likeness (QED) is 0.771. The minimum Gasteiger partial charge on any atom is -0.490 e. The van der Waals surface area contributed by atoms with Crippen LogP contribution in [-0.2, 0) is 17.8 Å². The number of carbonyl (C=O) groups excluding carboxylic acids is 1. The Labute approximate surface area is 186 Å². The van der Waals surface area contributed by atoms with Gasteiger partial charge in [-0.05, 0) is 61.6 Å². The van der Waals surface area contributed by atoms with Crippen LogP contribution in [0.2, 0.25) is 0 Å². The average molecular weight is 422 g/mol. The van der Waals surface area contributed by atoms with Gasteiger partial charge in [-0.25, -0.2) is 0 Å². The summed E-state index contributed by atoms with van der Waals surface area (Å²) in [5.41, 5.74) is 3.19. The molecule has 2 aromatic rings. The van der Waals surface area contributed by atoms with Crippen LogP contribution in [0.5, 0.6) is 5.75 Å². The fraction of sp³-hybridized carbons (Fsp3) is 0.538. The van der Waals surface area contributed by atoms with E-state index in [1.165, 1.54) is 11.1 Å². The zero-order chi connectivity index (χ0) is 22.0. The van der Waals surface area contributed by atoms with Crippen LogP contribution in [0.1, 0.15) is 63.4 Å². The van der Waals surface area contributed by atoms with Gasteiger partial charge in [0.05, 0.1) is 11.7 Å². The second-order valence-corrected chi connectivity index (χ2v) is 10.2.